The lowest BCUT2D eigenvalue weighted by atomic mass is 9.53. The van der Waals surface area contributed by atoms with Gasteiger partial charge < -0.3 is 9.47 Å². The van der Waals surface area contributed by atoms with Crippen molar-refractivity contribution in [3.05, 3.63) is 29.8 Å². The van der Waals surface area contributed by atoms with E-state index < -0.39 is 11.6 Å². The molecule has 29 heavy (non-hydrogen) atoms. The molecule has 156 valence electrons. The van der Waals surface area contributed by atoms with Gasteiger partial charge in [0.25, 0.3) is 0 Å². The van der Waals surface area contributed by atoms with Gasteiger partial charge in [-0.25, -0.2) is 0 Å². The fraction of sp³-hybridized carbons (Fsp3) is 0.708. The van der Waals surface area contributed by atoms with E-state index in [1.54, 1.807) is 0 Å². The Kier molecular flexibility index (Phi) is 4.13. The lowest BCUT2D eigenvalue weighted by Gasteiger charge is -2.57. The van der Waals surface area contributed by atoms with Crippen molar-refractivity contribution >= 4 is 5.97 Å². The Balaban J connectivity index is 1.20. The summed E-state index contributed by atoms with van der Waals surface area (Å²) in [4.78, 5) is 23.4. The van der Waals surface area contributed by atoms with Gasteiger partial charge in [-0.2, -0.15) is 9.78 Å². The van der Waals surface area contributed by atoms with Crippen LogP contribution >= 0.6 is 0 Å². The first kappa shape index (κ1) is 18.3. The molecule has 1 aliphatic heterocycles. The predicted molar refractivity (Wildman–Crippen MR) is 105 cm³/mol. The number of hydrogen-bond acceptors (Lipinski definition) is 5. The van der Waals surface area contributed by atoms with Gasteiger partial charge in [0.05, 0.1) is 0 Å². The largest absolute Gasteiger partial charge is 0.427 e. The van der Waals surface area contributed by atoms with Crippen LogP contribution in [0.15, 0.2) is 24.3 Å². The molecule has 2 unspecified atom stereocenters. The van der Waals surface area contributed by atoms with Gasteiger partial charge in [-0.05, 0) is 80.4 Å². The first-order chi connectivity index (χ1) is 14.0. The van der Waals surface area contributed by atoms with Crippen LogP contribution in [-0.4, -0.2) is 17.5 Å². The number of benzene rings is 1. The molecule has 2 spiro atoms. The van der Waals surface area contributed by atoms with Gasteiger partial charge in [0, 0.05) is 31.6 Å². The molecule has 1 aromatic rings. The van der Waals surface area contributed by atoms with Crippen molar-refractivity contribution in [3.8, 4) is 5.75 Å². The molecule has 5 heteroatoms. The minimum absolute atomic E-state index is 0.291. The van der Waals surface area contributed by atoms with Crippen LogP contribution in [0.25, 0.3) is 0 Å². The fourth-order valence-corrected chi connectivity index (χ4v) is 7.23. The van der Waals surface area contributed by atoms with E-state index in [2.05, 4.69) is 12.1 Å². The Labute approximate surface area is 172 Å². The Bertz CT molecular complexity index is 774. The zero-order valence-electron chi connectivity index (χ0n) is 17.1. The molecular formula is C24H30O5. The molecule has 0 N–H and O–H groups in total. The van der Waals surface area contributed by atoms with Crippen LogP contribution in [0.5, 0.6) is 5.75 Å². The van der Waals surface area contributed by atoms with Crippen molar-refractivity contribution in [2.75, 3.05) is 0 Å². The molecule has 0 aromatic heterocycles. The number of carbonyl (C=O) groups is 1. The molecule has 2 atom stereocenters. The van der Waals surface area contributed by atoms with E-state index in [-0.39, 0.29) is 5.97 Å². The molecule has 5 aliphatic carbocycles. The summed E-state index contributed by atoms with van der Waals surface area (Å²) < 4.78 is 12.0. The predicted octanol–water partition coefficient (Wildman–Crippen LogP) is 5.10. The maximum Gasteiger partial charge on any atom is 0.308 e. The van der Waals surface area contributed by atoms with Crippen LogP contribution in [0.1, 0.15) is 76.2 Å². The van der Waals surface area contributed by atoms with Crippen LogP contribution in [-0.2, 0) is 19.3 Å². The third-order valence-electron chi connectivity index (χ3n) is 8.23. The molecular weight excluding hydrogens is 368 g/mol. The van der Waals surface area contributed by atoms with E-state index in [4.69, 9.17) is 19.2 Å². The standard InChI is InChI=1S/C24H30O5/c1-15(25)26-22-6-4-18(5-7-22)19-3-2-8-23(14-19)27-24(29-28-23)20-10-16-9-17(12-20)13-21(24)11-16/h4-7,16-17,19-21H,2-3,8-14H2,1H3. The van der Waals surface area contributed by atoms with Crippen LogP contribution in [0.3, 0.4) is 0 Å². The van der Waals surface area contributed by atoms with Crippen LogP contribution in [0, 0.1) is 23.7 Å². The van der Waals surface area contributed by atoms with Crippen molar-refractivity contribution in [2.45, 2.75) is 82.2 Å². The van der Waals surface area contributed by atoms with Crippen LogP contribution in [0.4, 0.5) is 0 Å². The van der Waals surface area contributed by atoms with E-state index in [1.807, 2.05) is 12.1 Å². The maximum absolute atomic E-state index is 11.2. The van der Waals surface area contributed by atoms with Crippen molar-refractivity contribution in [1.29, 1.82) is 0 Å². The van der Waals surface area contributed by atoms with Crippen molar-refractivity contribution in [2.24, 2.45) is 23.7 Å². The van der Waals surface area contributed by atoms with Crippen molar-refractivity contribution in [3.63, 3.8) is 0 Å². The Morgan fingerprint density at radius 3 is 2.34 bits per heavy atom. The number of ether oxygens (including phenoxy) is 2. The van der Waals surface area contributed by atoms with Gasteiger partial charge >= 0.3 is 5.97 Å². The molecule has 0 radical (unpaired) electrons. The topological polar surface area (TPSA) is 54.0 Å². The highest BCUT2D eigenvalue weighted by Crippen LogP contribution is 2.64. The summed E-state index contributed by atoms with van der Waals surface area (Å²) in [5, 5.41) is 0. The summed E-state index contributed by atoms with van der Waals surface area (Å²) >= 11 is 0. The molecule has 1 aromatic carbocycles. The molecule has 7 rings (SSSR count). The monoisotopic (exact) mass is 398 g/mol. The molecule has 5 nitrogen and oxygen atoms in total. The average Bonchev–Trinajstić information content (AvgIpc) is 3.05. The summed E-state index contributed by atoms with van der Waals surface area (Å²) in [7, 11) is 0. The average molecular weight is 398 g/mol. The minimum Gasteiger partial charge on any atom is -0.427 e. The highest BCUT2D eigenvalue weighted by atomic mass is 17.3. The number of hydrogen-bond donors (Lipinski definition) is 0. The molecule has 1 heterocycles. The Morgan fingerprint density at radius 2 is 1.69 bits per heavy atom. The third-order valence-corrected chi connectivity index (χ3v) is 8.23. The first-order valence-corrected chi connectivity index (χ1v) is 11.4. The highest BCUT2D eigenvalue weighted by molar-refractivity contribution is 5.69. The third kappa shape index (κ3) is 2.96. The van der Waals surface area contributed by atoms with Gasteiger partial charge in [0.15, 0.2) is 0 Å². The van der Waals surface area contributed by atoms with E-state index in [0.717, 1.165) is 37.5 Å². The van der Waals surface area contributed by atoms with Gasteiger partial charge in [0.2, 0.25) is 11.6 Å². The number of carbonyl (C=O) groups excluding carboxylic acids is 1. The summed E-state index contributed by atoms with van der Waals surface area (Å²) in [6.45, 7) is 1.42. The smallest absolute Gasteiger partial charge is 0.308 e. The Morgan fingerprint density at radius 1 is 1.00 bits per heavy atom. The molecule has 6 aliphatic rings. The maximum atomic E-state index is 11.2. The van der Waals surface area contributed by atoms with E-state index >= 15 is 0 Å². The summed E-state index contributed by atoms with van der Waals surface area (Å²) in [6, 6.07) is 7.89. The summed E-state index contributed by atoms with van der Waals surface area (Å²) in [6.07, 6.45) is 10.3. The lowest BCUT2D eigenvalue weighted by molar-refractivity contribution is -0.390. The molecule has 6 fully saturated rings. The number of esters is 1. The normalized spacial score (nSPS) is 45.2. The lowest BCUT2D eigenvalue weighted by Crippen LogP contribution is -2.59. The van der Waals surface area contributed by atoms with Gasteiger partial charge in [-0.15, -0.1) is 0 Å². The van der Waals surface area contributed by atoms with E-state index in [9.17, 15) is 4.79 Å². The van der Waals surface area contributed by atoms with Crippen molar-refractivity contribution < 1.29 is 24.0 Å². The summed E-state index contributed by atoms with van der Waals surface area (Å²) in [5.74, 6) is 2.33. The first-order valence-electron chi connectivity index (χ1n) is 11.4. The number of rotatable bonds is 2. The second kappa shape index (κ2) is 6.53. The zero-order valence-corrected chi connectivity index (χ0v) is 17.1. The highest BCUT2D eigenvalue weighted by Gasteiger charge is 2.67. The van der Waals surface area contributed by atoms with Crippen molar-refractivity contribution in [1.82, 2.24) is 0 Å². The van der Waals surface area contributed by atoms with Crippen LogP contribution in [0.2, 0.25) is 0 Å². The van der Waals surface area contributed by atoms with E-state index in [1.165, 1.54) is 44.6 Å². The second-order valence-corrected chi connectivity index (χ2v) is 10.2. The van der Waals surface area contributed by atoms with Crippen LogP contribution < -0.4 is 4.74 Å². The Hall–Kier alpha value is -1.43. The van der Waals surface area contributed by atoms with Gasteiger partial charge in [0.1, 0.15) is 5.75 Å². The molecule has 5 saturated carbocycles. The second-order valence-electron chi connectivity index (χ2n) is 10.2. The van der Waals surface area contributed by atoms with Gasteiger partial charge in [-0.1, -0.05) is 12.1 Å². The zero-order chi connectivity index (χ0) is 19.6. The quantitative estimate of drug-likeness (QED) is 0.394. The fourth-order valence-electron chi connectivity index (χ4n) is 7.23. The molecule has 4 bridgehead atoms. The van der Waals surface area contributed by atoms with Gasteiger partial charge in [-0.3, -0.25) is 4.79 Å². The summed E-state index contributed by atoms with van der Waals surface area (Å²) in [5.41, 5.74) is 1.25. The molecule has 1 saturated heterocycles. The SMILES string of the molecule is CC(=O)Oc1ccc(C2CCCC3(C2)OOC2(O3)C3CC4CC(C3)CC2C4)cc1. The minimum atomic E-state index is -0.604. The molecule has 0 amide bonds. The van der Waals surface area contributed by atoms with E-state index in [0.29, 0.717) is 23.5 Å².